The fourth-order valence-electron chi connectivity index (χ4n) is 2.88. The zero-order valence-electron chi connectivity index (χ0n) is 12.6. The van der Waals surface area contributed by atoms with E-state index in [9.17, 15) is 0 Å². The molecule has 0 saturated carbocycles. The zero-order valence-corrected chi connectivity index (χ0v) is 14.2. The maximum absolute atomic E-state index is 6.48. The van der Waals surface area contributed by atoms with Crippen molar-refractivity contribution in [3.63, 3.8) is 0 Å². The predicted octanol–water partition coefficient (Wildman–Crippen LogP) is 3.90. The lowest BCUT2D eigenvalue weighted by Crippen LogP contribution is -2.14. The van der Waals surface area contributed by atoms with Crippen molar-refractivity contribution in [2.24, 2.45) is 12.8 Å². The normalized spacial score (nSPS) is 13.0. The summed E-state index contributed by atoms with van der Waals surface area (Å²) in [4.78, 5) is 0. The van der Waals surface area contributed by atoms with Gasteiger partial charge in [0.25, 0.3) is 0 Å². The molecule has 1 atom stereocenters. The molecule has 2 aromatic heterocycles. The van der Waals surface area contributed by atoms with Crippen LogP contribution >= 0.6 is 15.9 Å². The summed E-state index contributed by atoms with van der Waals surface area (Å²) in [6.07, 6.45) is 0. The molecule has 0 aliphatic rings. The highest BCUT2D eigenvalue weighted by molar-refractivity contribution is 9.10. The van der Waals surface area contributed by atoms with Crippen LogP contribution in [0.5, 0.6) is 0 Å². The number of rotatable bonds is 2. The van der Waals surface area contributed by atoms with Crippen molar-refractivity contribution in [3.8, 4) is 0 Å². The lowest BCUT2D eigenvalue weighted by Gasteiger charge is -2.11. The molecule has 2 heterocycles. The number of aromatic nitrogens is 2. The van der Waals surface area contributed by atoms with E-state index in [-0.39, 0.29) is 6.04 Å². The fourth-order valence-corrected chi connectivity index (χ4v) is 3.24. The Morgan fingerprint density at radius 1 is 1.29 bits per heavy atom. The van der Waals surface area contributed by atoms with Gasteiger partial charge in [0.1, 0.15) is 11.3 Å². The molecule has 0 saturated heterocycles. The molecule has 0 bridgehead atoms. The number of aryl methyl sites for hydroxylation is 3. The Hall–Kier alpha value is -1.59. The molecule has 3 rings (SSSR count). The van der Waals surface area contributed by atoms with Crippen molar-refractivity contribution >= 4 is 26.9 Å². The Balaban J connectivity index is 2.18. The number of hydrogen-bond donors (Lipinski definition) is 1. The molecule has 0 spiro atoms. The molecular formula is C16H18BrN3O. The molecule has 3 aromatic rings. The van der Waals surface area contributed by atoms with Crippen LogP contribution in [0, 0.1) is 20.8 Å². The molecule has 21 heavy (non-hydrogen) atoms. The first-order valence-corrected chi connectivity index (χ1v) is 7.63. The average molecular weight is 348 g/mol. The van der Waals surface area contributed by atoms with Gasteiger partial charge in [-0.15, -0.1) is 0 Å². The molecule has 0 fully saturated rings. The van der Waals surface area contributed by atoms with E-state index in [1.54, 1.807) is 0 Å². The first-order chi connectivity index (χ1) is 9.90. The van der Waals surface area contributed by atoms with Gasteiger partial charge >= 0.3 is 0 Å². The summed E-state index contributed by atoms with van der Waals surface area (Å²) in [6.45, 7) is 6.06. The number of furan rings is 1. The topological polar surface area (TPSA) is 57.0 Å². The first kappa shape index (κ1) is 14.4. The highest BCUT2D eigenvalue weighted by atomic mass is 79.9. The standard InChI is InChI=1S/C16H18BrN3O/c1-8-12-7-11(17)5-6-13(12)21-16(8)15(18)14-9(2)19-20(4)10(14)3/h5-7,15H,18H2,1-4H3. The monoisotopic (exact) mass is 347 g/mol. The Morgan fingerprint density at radius 2 is 2.00 bits per heavy atom. The number of fused-ring (bicyclic) bond motifs is 1. The maximum Gasteiger partial charge on any atom is 0.134 e. The van der Waals surface area contributed by atoms with E-state index in [0.717, 1.165) is 43.7 Å². The minimum atomic E-state index is -0.301. The summed E-state index contributed by atoms with van der Waals surface area (Å²) in [5.41, 5.74) is 11.5. The molecule has 4 nitrogen and oxygen atoms in total. The van der Waals surface area contributed by atoms with E-state index in [4.69, 9.17) is 10.2 Å². The van der Waals surface area contributed by atoms with Crippen molar-refractivity contribution in [2.75, 3.05) is 0 Å². The van der Waals surface area contributed by atoms with Crippen molar-refractivity contribution in [3.05, 3.63) is 50.9 Å². The third-order valence-corrected chi connectivity index (χ3v) is 4.59. The number of nitrogens with two attached hydrogens (primary N) is 1. The van der Waals surface area contributed by atoms with Crippen LogP contribution < -0.4 is 5.73 Å². The highest BCUT2D eigenvalue weighted by Gasteiger charge is 2.24. The van der Waals surface area contributed by atoms with Crippen molar-refractivity contribution in [1.29, 1.82) is 0 Å². The summed E-state index contributed by atoms with van der Waals surface area (Å²) < 4.78 is 8.90. The van der Waals surface area contributed by atoms with Gasteiger partial charge in [-0.3, -0.25) is 4.68 Å². The lowest BCUT2D eigenvalue weighted by atomic mass is 10.00. The zero-order chi connectivity index (χ0) is 15.3. The molecule has 2 N–H and O–H groups in total. The fraction of sp³-hybridized carbons (Fsp3) is 0.312. The number of hydrogen-bond acceptors (Lipinski definition) is 3. The van der Waals surface area contributed by atoms with Gasteiger partial charge in [-0.1, -0.05) is 15.9 Å². The van der Waals surface area contributed by atoms with Gasteiger partial charge in [0.15, 0.2) is 0 Å². The van der Waals surface area contributed by atoms with Crippen LogP contribution in [0.25, 0.3) is 11.0 Å². The summed E-state index contributed by atoms with van der Waals surface area (Å²) in [5.74, 6) is 0.808. The second kappa shape index (κ2) is 5.00. The van der Waals surface area contributed by atoms with E-state index in [0.29, 0.717) is 0 Å². The molecule has 0 aliphatic carbocycles. The summed E-state index contributed by atoms with van der Waals surface area (Å²) in [6, 6.07) is 5.70. The third-order valence-electron chi connectivity index (χ3n) is 4.09. The third kappa shape index (κ3) is 2.21. The summed E-state index contributed by atoms with van der Waals surface area (Å²) in [5, 5.41) is 5.53. The largest absolute Gasteiger partial charge is 0.459 e. The second-order valence-corrected chi connectivity index (χ2v) is 6.33. The van der Waals surface area contributed by atoms with E-state index < -0.39 is 0 Å². The van der Waals surface area contributed by atoms with Gasteiger partial charge in [-0.2, -0.15) is 5.10 Å². The van der Waals surface area contributed by atoms with Crippen LogP contribution in [0.1, 0.15) is 34.3 Å². The number of nitrogens with zero attached hydrogens (tertiary/aromatic N) is 2. The molecule has 5 heteroatoms. The molecule has 0 amide bonds. The number of benzene rings is 1. The van der Waals surface area contributed by atoms with Crippen LogP contribution in [0.2, 0.25) is 0 Å². The Bertz CT molecular complexity index is 832. The SMILES string of the molecule is Cc1nn(C)c(C)c1C(N)c1oc2ccc(Br)cc2c1C. The van der Waals surface area contributed by atoms with E-state index in [1.165, 1.54) is 0 Å². The van der Waals surface area contributed by atoms with Gasteiger partial charge in [0.05, 0.1) is 11.7 Å². The quantitative estimate of drug-likeness (QED) is 0.764. The summed E-state index contributed by atoms with van der Waals surface area (Å²) in [7, 11) is 1.93. The predicted molar refractivity (Wildman–Crippen MR) is 87.4 cm³/mol. The Morgan fingerprint density at radius 3 is 2.62 bits per heavy atom. The molecule has 1 aromatic carbocycles. The second-order valence-electron chi connectivity index (χ2n) is 5.42. The highest BCUT2D eigenvalue weighted by Crippen LogP contribution is 2.34. The van der Waals surface area contributed by atoms with Crippen molar-refractivity contribution in [1.82, 2.24) is 9.78 Å². The number of halogens is 1. The van der Waals surface area contributed by atoms with E-state index in [1.807, 2.05) is 37.7 Å². The molecule has 1 unspecified atom stereocenters. The van der Waals surface area contributed by atoms with Crippen LogP contribution in [0.15, 0.2) is 27.1 Å². The van der Waals surface area contributed by atoms with Gasteiger partial charge in [-0.25, -0.2) is 0 Å². The maximum atomic E-state index is 6.48. The smallest absolute Gasteiger partial charge is 0.134 e. The van der Waals surface area contributed by atoms with E-state index in [2.05, 4.69) is 34.0 Å². The molecule has 0 aliphatic heterocycles. The van der Waals surface area contributed by atoms with Gasteiger partial charge < -0.3 is 10.2 Å². The molecule has 110 valence electrons. The van der Waals surface area contributed by atoms with Crippen LogP contribution in [0.3, 0.4) is 0 Å². The van der Waals surface area contributed by atoms with Crippen LogP contribution in [-0.2, 0) is 7.05 Å². The first-order valence-electron chi connectivity index (χ1n) is 6.84. The van der Waals surface area contributed by atoms with Crippen molar-refractivity contribution < 1.29 is 4.42 Å². The average Bonchev–Trinajstić information content (AvgIpc) is 2.88. The van der Waals surface area contributed by atoms with Crippen LogP contribution in [-0.4, -0.2) is 9.78 Å². The van der Waals surface area contributed by atoms with Gasteiger partial charge in [-0.05, 0) is 39.0 Å². The van der Waals surface area contributed by atoms with Crippen LogP contribution in [0.4, 0.5) is 0 Å². The van der Waals surface area contributed by atoms with E-state index >= 15 is 0 Å². The minimum Gasteiger partial charge on any atom is -0.459 e. The van der Waals surface area contributed by atoms with Crippen molar-refractivity contribution in [2.45, 2.75) is 26.8 Å². The molecular weight excluding hydrogens is 330 g/mol. The lowest BCUT2D eigenvalue weighted by molar-refractivity contribution is 0.519. The van der Waals surface area contributed by atoms with Gasteiger partial charge in [0, 0.05) is 33.7 Å². The Kier molecular flexibility index (Phi) is 3.42. The van der Waals surface area contributed by atoms with Gasteiger partial charge in [0.2, 0.25) is 0 Å². The summed E-state index contributed by atoms with van der Waals surface area (Å²) >= 11 is 3.50. The minimum absolute atomic E-state index is 0.301. The Labute approximate surface area is 132 Å². The molecule has 0 radical (unpaired) electrons.